The minimum absolute atomic E-state index is 0.0640. The SMILES string of the molecule is Fc1cccc2c1CCC21CNCC(CC2CCCC2)O1. The zero-order valence-electron chi connectivity index (χ0n) is 12.5. The molecular formula is C18H24FNO. The van der Waals surface area contributed by atoms with Crippen LogP contribution >= 0.6 is 0 Å². The maximum absolute atomic E-state index is 14.0. The number of hydrogen-bond acceptors (Lipinski definition) is 2. The van der Waals surface area contributed by atoms with Gasteiger partial charge in [0.25, 0.3) is 0 Å². The molecule has 2 fully saturated rings. The van der Waals surface area contributed by atoms with Gasteiger partial charge < -0.3 is 10.1 Å². The molecule has 1 aromatic carbocycles. The lowest BCUT2D eigenvalue weighted by Gasteiger charge is -2.41. The molecule has 1 N–H and O–H groups in total. The molecule has 0 amide bonds. The van der Waals surface area contributed by atoms with Crippen molar-refractivity contribution in [1.29, 1.82) is 0 Å². The first-order valence-corrected chi connectivity index (χ1v) is 8.43. The number of rotatable bonds is 2. The fourth-order valence-corrected chi connectivity index (χ4v) is 4.59. The molecule has 2 aliphatic carbocycles. The van der Waals surface area contributed by atoms with E-state index in [-0.39, 0.29) is 17.5 Å². The number of ether oxygens (including phenoxy) is 1. The number of hydrogen-bond donors (Lipinski definition) is 1. The van der Waals surface area contributed by atoms with Gasteiger partial charge in [-0.2, -0.15) is 0 Å². The quantitative estimate of drug-likeness (QED) is 0.899. The normalized spacial score (nSPS) is 32.7. The Morgan fingerprint density at radius 3 is 3.00 bits per heavy atom. The Labute approximate surface area is 126 Å². The number of morpholine rings is 1. The van der Waals surface area contributed by atoms with Crippen molar-refractivity contribution in [3.8, 4) is 0 Å². The predicted molar refractivity (Wildman–Crippen MR) is 80.7 cm³/mol. The Bertz CT molecular complexity index is 526. The lowest BCUT2D eigenvalue weighted by Crippen LogP contribution is -2.51. The molecule has 0 radical (unpaired) electrons. The van der Waals surface area contributed by atoms with E-state index in [2.05, 4.69) is 11.4 Å². The van der Waals surface area contributed by atoms with Crippen LogP contribution in [0.2, 0.25) is 0 Å². The minimum Gasteiger partial charge on any atom is -0.364 e. The number of halogens is 1. The Hall–Kier alpha value is -0.930. The highest BCUT2D eigenvalue weighted by Crippen LogP contribution is 2.43. The lowest BCUT2D eigenvalue weighted by atomic mass is 9.91. The first-order valence-electron chi connectivity index (χ1n) is 8.43. The van der Waals surface area contributed by atoms with Crippen LogP contribution < -0.4 is 5.32 Å². The van der Waals surface area contributed by atoms with Gasteiger partial charge in [0.1, 0.15) is 11.4 Å². The van der Waals surface area contributed by atoms with E-state index < -0.39 is 0 Å². The number of benzene rings is 1. The average Bonchev–Trinajstić information content (AvgIpc) is 3.10. The summed E-state index contributed by atoms with van der Waals surface area (Å²) >= 11 is 0. The topological polar surface area (TPSA) is 21.3 Å². The van der Waals surface area contributed by atoms with Crippen molar-refractivity contribution < 1.29 is 9.13 Å². The zero-order valence-corrected chi connectivity index (χ0v) is 12.5. The van der Waals surface area contributed by atoms with E-state index >= 15 is 0 Å². The van der Waals surface area contributed by atoms with Crippen LogP contribution in [-0.2, 0) is 16.8 Å². The molecule has 3 heteroatoms. The third-order valence-electron chi connectivity index (χ3n) is 5.63. The molecule has 2 nitrogen and oxygen atoms in total. The van der Waals surface area contributed by atoms with Crippen LogP contribution in [-0.4, -0.2) is 19.2 Å². The van der Waals surface area contributed by atoms with Crippen LogP contribution in [0.1, 0.15) is 49.7 Å². The van der Waals surface area contributed by atoms with E-state index in [1.807, 2.05) is 6.07 Å². The highest BCUT2D eigenvalue weighted by atomic mass is 19.1. The Balaban J connectivity index is 1.54. The summed E-state index contributed by atoms with van der Waals surface area (Å²) in [6.45, 7) is 1.77. The van der Waals surface area contributed by atoms with Gasteiger partial charge >= 0.3 is 0 Å². The Kier molecular flexibility index (Phi) is 3.50. The standard InChI is InChI=1S/C18H24FNO/c19-17-7-3-6-16-15(17)8-9-18(16)12-20-11-14(21-18)10-13-4-1-2-5-13/h3,6-7,13-14,20H,1-2,4-5,8-12H2. The fraction of sp³-hybridized carbons (Fsp3) is 0.667. The van der Waals surface area contributed by atoms with Crippen LogP contribution in [0.3, 0.4) is 0 Å². The van der Waals surface area contributed by atoms with Gasteiger partial charge in [-0.25, -0.2) is 4.39 Å². The molecule has 1 saturated heterocycles. The Morgan fingerprint density at radius 1 is 1.29 bits per heavy atom. The van der Waals surface area contributed by atoms with Crippen LogP contribution in [0.15, 0.2) is 18.2 Å². The molecule has 1 saturated carbocycles. The summed E-state index contributed by atoms with van der Waals surface area (Å²) in [6, 6.07) is 5.46. The molecule has 1 aliphatic heterocycles. The largest absolute Gasteiger partial charge is 0.364 e. The van der Waals surface area contributed by atoms with E-state index in [0.29, 0.717) is 0 Å². The summed E-state index contributed by atoms with van der Waals surface area (Å²) in [4.78, 5) is 0. The van der Waals surface area contributed by atoms with Crippen molar-refractivity contribution in [1.82, 2.24) is 5.32 Å². The molecule has 0 aromatic heterocycles. The van der Waals surface area contributed by atoms with Gasteiger partial charge in [-0.1, -0.05) is 37.8 Å². The summed E-state index contributed by atoms with van der Waals surface area (Å²) in [5.41, 5.74) is 1.69. The van der Waals surface area contributed by atoms with Crippen LogP contribution in [0.25, 0.3) is 0 Å². The average molecular weight is 289 g/mol. The zero-order chi connectivity index (χ0) is 14.3. The van der Waals surface area contributed by atoms with Gasteiger partial charge in [0.05, 0.1) is 6.10 Å². The molecule has 3 aliphatic rings. The fourth-order valence-electron chi connectivity index (χ4n) is 4.59. The number of nitrogens with one attached hydrogen (secondary N) is 1. The second-order valence-electron chi connectivity index (χ2n) is 7.02. The van der Waals surface area contributed by atoms with E-state index in [9.17, 15) is 4.39 Å². The maximum atomic E-state index is 14.0. The van der Waals surface area contributed by atoms with E-state index in [1.165, 1.54) is 32.1 Å². The van der Waals surface area contributed by atoms with Crippen LogP contribution in [0.4, 0.5) is 4.39 Å². The second kappa shape index (κ2) is 5.36. The molecule has 1 aromatic rings. The van der Waals surface area contributed by atoms with Crippen molar-refractivity contribution >= 4 is 0 Å². The van der Waals surface area contributed by atoms with Crippen molar-refractivity contribution in [3.05, 3.63) is 35.1 Å². The van der Waals surface area contributed by atoms with Gasteiger partial charge in [0.15, 0.2) is 0 Å². The van der Waals surface area contributed by atoms with Crippen molar-refractivity contribution in [2.75, 3.05) is 13.1 Å². The summed E-state index contributed by atoms with van der Waals surface area (Å²) in [6.07, 6.45) is 8.65. The first kappa shape index (κ1) is 13.7. The molecule has 1 heterocycles. The molecule has 4 rings (SSSR count). The minimum atomic E-state index is -0.279. The molecule has 1 spiro atoms. The van der Waals surface area contributed by atoms with Crippen molar-refractivity contribution in [3.63, 3.8) is 0 Å². The Morgan fingerprint density at radius 2 is 2.14 bits per heavy atom. The van der Waals surface area contributed by atoms with Gasteiger partial charge in [-0.15, -0.1) is 0 Å². The third-order valence-corrected chi connectivity index (χ3v) is 5.63. The predicted octanol–water partition coefficient (Wildman–Crippen LogP) is 3.54. The lowest BCUT2D eigenvalue weighted by molar-refractivity contribution is -0.127. The number of fused-ring (bicyclic) bond motifs is 2. The smallest absolute Gasteiger partial charge is 0.126 e. The van der Waals surface area contributed by atoms with Gasteiger partial charge in [-0.3, -0.25) is 0 Å². The summed E-state index contributed by atoms with van der Waals surface area (Å²) in [5.74, 6) is 0.770. The van der Waals surface area contributed by atoms with Gasteiger partial charge in [-0.05, 0) is 42.4 Å². The van der Waals surface area contributed by atoms with E-state index in [0.717, 1.165) is 43.0 Å². The van der Waals surface area contributed by atoms with Gasteiger partial charge in [0, 0.05) is 13.1 Å². The van der Waals surface area contributed by atoms with E-state index in [1.54, 1.807) is 6.07 Å². The third kappa shape index (κ3) is 2.40. The van der Waals surface area contributed by atoms with E-state index in [4.69, 9.17) is 4.74 Å². The molecule has 0 bridgehead atoms. The van der Waals surface area contributed by atoms with Gasteiger partial charge in [0.2, 0.25) is 0 Å². The van der Waals surface area contributed by atoms with Crippen molar-refractivity contribution in [2.24, 2.45) is 5.92 Å². The molecule has 114 valence electrons. The molecule has 21 heavy (non-hydrogen) atoms. The van der Waals surface area contributed by atoms with Crippen LogP contribution in [0.5, 0.6) is 0 Å². The molecule has 2 unspecified atom stereocenters. The van der Waals surface area contributed by atoms with Crippen molar-refractivity contribution in [2.45, 2.75) is 56.7 Å². The summed E-state index contributed by atoms with van der Waals surface area (Å²) in [7, 11) is 0. The second-order valence-corrected chi connectivity index (χ2v) is 7.02. The monoisotopic (exact) mass is 289 g/mol. The highest BCUT2D eigenvalue weighted by molar-refractivity contribution is 5.39. The van der Waals surface area contributed by atoms with Crippen LogP contribution in [0, 0.1) is 11.7 Å². The highest BCUT2D eigenvalue weighted by Gasteiger charge is 2.44. The molecule has 2 atom stereocenters. The summed E-state index contributed by atoms with van der Waals surface area (Å²) < 4.78 is 20.5. The molecular weight excluding hydrogens is 265 g/mol. The maximum Gasteiger partial charge on any atom is 0.126 e. The summed E-state index contributed by atoms with van der Waals surface area (Å²) in [5, 5.41) is 3.55. The first-order chi connectivity index (χ1) is 10.3.